The SMILES string of the molecule is C.Oc1ccc2c(c1)CCCC(c1ccc(OC(F)(F)F)cc1F)=C2c1ccc(O[C@H]2CCN(CCCF)C2)cc1. The Balaban J connectivity index is 0.00000387. The van der Waals surface area contributed by atoms with E-state index in [0.29, 0.717) is 43.6 Å². The molecule has 1 fully saturated rings. The van der Waals surface area contributed by atoms with E-state index in [9.17, 15) is 22.7 Å². The highest BCUT2D eigenvalue weighted by Gasteiger charge is 2.32. The van der Waals surface area contributed by atoms with E-state index in [1.165, 1.54) is 6.07 Å². The minimum atomic E-state index is -4.92. The summed E-state index contributed by atoms with van der Waals surface area (Å²) in [6.07, 6.45) is -1.75. The number of rotatable bonds is 8. The summed E-state index contributed by atoms with van der Waals surface area (Å²) >= 11 is 0. The fraction of sp³-hybridized carbons (Fsp3) is 0.375. The second-order valence-corrected chi connectivity index (χ2v) is 10.1. The maximum Gasteiger partial charge on any atom is 0.573 e. The molecule has 2 aliphatic rings. The van der Waals surface area contributed by atoms with Gasteiger partial charge in [-0.15, -0.1) is 13.2 Å². The van der Waals surface area contributed by atoms with Gasteiger partial charge in [0.1, 0.15) is 29.2 Å². The number of hydrogen-bond donors (Lipinski definition) is 1. The Bertz CT molecular complexity index is 1370. The molecule has 0 amide bonds. The second kappa shape index (κ2) is 12.9. The Kier molecular flexibility index (Phi) is 9.58. The number of allylic oxidation sites excluding steroid dienone is 1. The smallest absolute Gasteiger partial charge is 0.508 e. The van der Waals surface area contributed by atoms with Gasteiger partial charge in [-0.05, 0) is 96.3 Å². The molecule has 1 heterocycles. The van der Waals surface area contributed by atoms with E-state index in [4.69, 9.17) is 4.74 Å². The van der Waals surface area contributed by atoms with Crippen LogP contribution in [0.4, 0.5) is 22.0 Å². The molecule has 1 aliphatic heterocycles. The largest absolute Gasteiger partial charge is 0.573 e. The van der Waals surface area contributed by atoms with Crippen LogP contribution in [0.25, 0.3) is 11.1 Å². The van der Waals surface area contributed by atoms with E-state index in [2.05, 4.69) is 9.64 Å². The summed E-state index contributed by atoms with van der Waals surface area (Å²) in [6, 6.07) is 15.7. The quantitative estimate of drug-likeness (QED) is 0.275. The van der Waals surface area contributed by atoms with Crippen molar-refractivity contribution in [1.29, 1.82) is 0 Å². The standard InChI is InChI=1S/C31H30F5NO3.CH4/c32-14-2-15-37-16-13-25(19-37)39-23-8-5-20(6-9-23)30-26-11-7-22(38)17-21(26)3-1-4-28(30)27-12-10-24(18-29(27)33)40-31(34,35)36;/h5-12,17-18,25,38H,1-4,13-16,19H2;1H4/t25-;/m0./s1. The van der Waals surface area contributed by atoms with Crippen molar-refractivity contribution in [1.82, 2.24) is 4.90 Å². The van der Waals surface area contributed by atoms with Gasteiger partial charge < -0.3 is 14.6 Å². The summed E-state index contributed by atoms with van der Waals surface area (Å²) in [5.74, 6) is -0.619. The van der Waals surface area contributed by atoms with E-state index >= 15 is 4.39 Å². The van der Waals surface area contributed by atoms with Crippen molar-refractivity contribution < 1.29 is 36.5 Å². The van der Waals surface area contributed by atoms with E-state index in [1.807, 2.05) is 24.3 Å². The molecule has 3 aromatic rings. The van der Waals surface area contributed by atoms with Crippen molar-refractivity contribution in [2.45, 2.75) is 52.0 Å². The third-order valence-corrected chi connectivity index (χ3v) is 7.31. The molecule has 0 radical (unpaired) electrons. The van der Waals surface area contributed by atoms with E-state index in [0.717, 1.165) is 53.9 Å². The van der Waals surface area contributed by atoms with Crippen molar-refractivity contribution in [2.75, 3.05) is 26.3 Å². The number of alkyl halides is 4. The number of phenols is 1. The monoisotopic (exact) mass is 575 g/mol. The van der Waals surface area contributed by atoms with E-state index in [1.54, 1.807) is 18.2 Å². The van der Waals surface area contributed by atoms with Crippen LogP contribution < -0.4 is 9.47 Å². The van der Waals surface area contributed by atoms with Crippen LogP contribution in [0.15, 0.2) is 60.7 Å². The highest BCUT2D eigenvalue weighted by atomic mass is 19.4. The summed E-state index contributed by atoms with van der Waals surface area (Å²) in [5, 5.41) is 10.1. The van der Waals surface area contributed by atoms with Gasteiger partial charge in [0.25, 0.3) is 0 Å². The van der Waals surface area contributed by atoms with Gasteiger partial charge in [-0.2, -0.15) is 0 Å². The molecule has 220 valence electrons. The van der Waals surface area contributed by atoms with E-state index in [-0.39, 0.29) is 31.5 Å². The van der Waals surface area contributed by atoms with Crippen molar-refractivity contribution in [3.8, 4) is 17.2 Å². The number of nitrogens with zero attached hydrogens (tertiary/aromatic N) is 1. The molecular formula is C32H34F5NO3. The maximum atomic E-state index is 15.3. The molecule has 0 unspecified atom stereocenters. The average molecular weight is 576 g/mol. The Labute approximate surface area is 237 Å². The minimum absolute atomic E-state index is 0. The molecule has 3 aromatic carbocycles. The number of aromatic hydroxyl groups is 1. The third-order valence-electron chi connectivity index (χ3n) is 7.31. The van der Waals surface area contributed by atoms with Crippen LogP contribution in [0.5, 0.6) is 17.2 Å². The molecule has 0 saturated carbocycles. The molecule has 1 aliphatic carbocycles. The number of aryl methyl sites for hydroxylation is 1. The first kappa shape index (κ1) is 30.4. The van der Waals surface area contributed by atoms with Crippen LogP contribution in [0.3, 0.4) is 0 Å². The van der Waals surface area contributed by atoms with Gasteiger partial charge in [-0.25, -0.2) is 4.39 Å². The van der Waals surface area contributed by atoms with Crippen LogP contribution in [-0.2, 0) is 6.42 Å². The lowest BCUT2D eigenvalue weighted by Crippen LogP contribution is -2.26. The lowest BCUT2D eigenvalue weighted by molar-refractivity contribution is -0.274. The van der Waals surface area contributed by atoms with Gasteiger partial charge in [-0.1, -0.05) is 25.6 Å². The zero-order valence-electron chi connectivity index (χ0n) is 21.8. The van der Waals surface area contributed by atoms with Gasteiger partial charge in [0.05, 0.1) is 6.67 Å². The number of benzene rings is 3. The number of fused-ring (bicyclic) bond motifs is 1. The van der Waals surface area contributed by atoms with Gasteiger partial charge in [0.15, 0.2) is 0 Å². The molecule has 4 nitrogen and oxygen atoms in total. The molecule has 1 saturated heterocycles. The van der Waals surface area contributed by atoms with Crippen LogP contribution in [0.1, 0.15) is 55.4 Å². The lowest BCUT2D eigenvalue weighted by atomic mass is 9.87. The summed E-state index contributed by atoms with van der Waals surface area (Å²) in [4.78, 5) is 2.19. The lowest BCUT2D eigenvalue weighted by Gasteiger charge is -2.19. The normalized spacial score (nSPS) is 17.5. The van der Waals surface area contributed by atoms with Crippen molar-refractivity contribution in [2.24, 2.45) is 0 Å². The van der Waals surface area contributed by atoms with Gasteiger partial charge in [0.2, 0.25) is 0 Å². The zero-order valence-corrected chi connectivity index (χ0v) is 21.8. The molecule has 41 heavy (non-hydrogen) atoms. The topological polar surface area (TPSA) is 41.9 Å². The van der Waals surface area contributed by atoms with Gasteiger partial charge >= 0.3 is 6.36 Å². The number of ether oxygens (including phenoxy) is 2. The molecule has 0 bridgehead atoms. The molecule has 0 spiro atoms. The Hall–Kier alpha value is -3.59. The minimum Gasteiger partial charge on any atom is -0.508 e. The first-order chi connectivity index (χ1) is 19.2. The summed E-state index contributed by atoms with van der Waals surface area (Å²) < 4.78 is 76.0. The molecule has 1 atom stereocenters. The Morgan fingerprint density at radius 3 is 2.37 bits per heavy atom. The summed E-state index contributed by atoms with van der Waals surface area (Å²) in [5.41, 5.74) is 4.14. The molecule has 5 rings (SSSR count). The highest BCUT2D eigenvalue weighted by molar-refractivity contribution is 6.00. The van der Waals surface area contributed by atoms with Gasteiger partial charge in [-0.3, -0.25) is 9.29 Å². The molecule has 9 heteroatoms. The first-order valence-corrected chi connectivity index (χ1v) is 13.4. The zero-order chi connectivity index (χ0) is 28.3. The fourth-order valence-corrected chi connectivity index (χ4v) is 5.58. The van der Waals surface area contributed by atoms with Crippen molar-refractivity contribution >= 4 is 11.1 Å². The summed E-state index contributed by atoms with van der Waals surface area (Å²) in [7, 11) is 0. The Morgan fingerprint density at radius 1 is 0.927 bits per heavy atom. The third kappa shape index (κ3) is 7.38. The Morgan fingerprint density at radius 2 is 1.66 bits per heavy atom. The maximum absolute atomic E-state index is 15.3. The van der Waals surface area contributed by atoms with Crippen molar-refractivity contribution in [3.63, 3.8) is 0 Å². The van der Waals surface area contributed by atoms with Crippen LogP contribution in [0, 0.1) is 5.82 Å². The molecular weight excluding hydrogens is 541 g/mol. The highest BCUT2D eigenvalue weighted by Crippen LogP contribution is 2.42. The number of halogens is 5. The predicted octanol–water partition coefficient (Wildman–Crippen LogP) is 8.17. The predicted molar refractivity (Wildman–Crippen MR) is 149 cm³/mol. The van der Waals surface area contributed by atoms with Crippen LogP contribution in [0.2, 0.25) is 0 Å². The van der Waals surface area contributed by atoms with Gasteiger partial charge in [0, 0.05) is 31.3 Å². The average Bonchev–Trinajstić information content (AvgIpc) is 3.26. The molecule has 1 N–H and O–H groups in total. The molecule has 0 aromatic heterocycles. The first-order valence-electron chi connectivity index (χ1n) is 13.4. The number of phenolic OH excluding ortho intramolecular Hbond substituents is 1. The fourth-order valence-electron chi connectivity index (χ4n) is 5.58. The van der Waals surface area contributed by atoms with Crippen molar-refractivity contribution in [3.05, 3.63) is 88.7 Å². The van der Waals surface area contributed by atoms with Crippen LogP contribution in [-0.4, -0.2) is 48.8 Å². The van der Waals surface area contributed by atoms with E-state index < -0.39 is 17.9 Å². The van der Waals surface area contributed by atoms with Crippen LogP contribution >= 0.6 is 0 Å². The number of hydrogen-bond acceptors (Lipinski definition) is 4. The summed E-state index contributed by atoms with van der Waals surface area (Å²) in [6.45, 7) is 1.97. The number of likely N-dealkylation sites (tertiary alicyclic amines) is 1. The second-order valence-electron chi connectivity index (χ2n) is 10.1.